The maximum atomic E-state index is 10.8. The summed E-state index contributed by atoms with van der Waals surface area (Å²) in [5.41, 5.74) is 0. The van der Waals surface area contributed by atoms with Gasteiger partial charge in [0.05, 0.1) is 6.08 Å². The van der Waals surface area contributed by atoms with E-state index < -0.39 is 0 Å². The van der Waals surface area contributed by atoms with Crippen LogP contribution in [-0.2, 0) is 14.3 Å². The van der Waals surface area contributed by atoms with E-state index in [1.54, 1.807) is 6.08 Å². The van der Waals surface area contributed by atoms with Crippen LogP contribution < -0.4 is 0 Å². The second kappa shape index (κ2) is 3.95. The molecule has 0 amide bonds. The molecule has 3 heteroatoms. The Morgan fingerprint density at radius 1 is 1.83 bits per heavy atom. The van der Waals surface area contributed by atoms with Crippen LogP contribution in [-0.4, -0.2) is 18.7 Å². The number of carbonyl (C=O) groups is 1. The quantitative estimate of drug-likeness (QED) is 0.470. The third-order valence-corrected chi connectivity index (χ3v) is 1.57. The average molecular weight is 168 g/mol. The number of cyclic esters (lactones) is 1. The predicted octanol–water partition coefficient (Wildman–Crippen LogP) is 1.41. The molecular formula is C9H12O3. The summed E-state index contributed by atoms with van der Waals surface area (Å²) >= 11 is 0. The zero-order valence-electron chi connectivity index (χ0n) is 7.08. The number of ether oxygens (including phenoxy) is 2. The lowest BCUT2D eigenvalue weighted by atomic mass is 10.2. The number of hydrogen-bond donors (Lipinski definition) is 0. The molecule has 1 unspecified atom stereocenters. The fourth-order valence-corrected chi connectivity index (χ4v) is 1.02. The van der Waals surface area contributed by atoms with Gasteiger partial charge < -0.3 is 9.47 Å². The van der Waals surface area contributed by atoms with Crippen LogP contribution in [0.3, 0.4) is 0 Å². The van der Waals surface area contributed by atoms with Crippen LogP contribution in [0.4, 0.5) is 0 Å². The Labute approximate surface area is 71.7 Å². The van der Waals surface area contributed by atoms with Crippen LogP contribution in [0.5, 0.6) is 0 Å². The van der Waals surface area contributed by atoms with E-state index >= 15 is 0 Å². The van der Waals surface area contributed by atoms with Gasteiger partial charge in [-0.3, -0.25) is 0 Å². The molecule has 1 heterocycles. The normalized spacial score (nSPS) is 21.6. The van der Waals surface area contributed by atoms with Crippen molar-refractivity contribution in [3.63, 3.8) is 0 Å². The van der Waals surface area contributed by atoms with E-state index in [0.29, 0.717) is 12.4 Å². The Bertz CT molecular complexity index is 218. The van der Waals surface area contributed by atoms with E-state index in [1.165, 1.54) is 6.08 Å². The molecule has 0 saturated heterocycles. The molecule has 0 saturated carbocycles. The van der Waals surface area contributed by atoms with Gasteiger partial charge >= 0.3 is 5.97 Å². The monoisotopic (exact) mass is 168 g/mol. The average Bonchev–Trinajstić information content (AvgIpc) is 2.42. The van der Waals surface area contributed by atoms with Gasteiger partial charge in [-0.15, -0.1) is 0 Å². The van der Waals surface area contributed by atoms with Gasteiger partial charge in [-0.25, -0.2) is 4.79 Å². The molecule has 0 radical (unpaired) electrons. The van der Waals surface area contributed by atoms with Gasteiger partial charge in [0.1, 0.15) is 12.4 Å². The van der Waals surface area contributed by atoms with Crippen LogP contribution in [0.2, 0.25) is 0 Å². The summed E-state index contributed by atoms with van der Waals surface area (Å²) in [5.74, 6) is 0.295. The summed E-state index contributed by atoms with van der Waals surface area (Å²) in [6, 6.07) is 0. The summed E-state index contributed by atoms with van der Waals surface area (Å²) in [6.07, 6.45) is 3.57. The zero-order valence-corrected chi connectivity index (χ0v) is 7.08. The van der Waals surface area contributed by atoms with Gasteiger partial charge in [-0.2, -0.15) is 0 Å². The third kappa shape index (κ3) is 1.87. The van der Waals surface area contributed by atoms with Crippen molar-refractivity contribution < 1.29 is 14.3 Å². The van der Waals surface area contributed by atoms with Crippen LogP contribution in [0.15, 0.2) is 24.5 Å². The minimum atomic E-state index is -0.319. The standard InChI is InChI=1S/C9H12O3/c1-3-5-11-8-6-9(10)12-7(8)4-2/h3,6-7H,1,4-5H2,2H3. The first-order chi connectivity index (χ1) is 5.77. The SMILES string of the molecule is C=CCOC1=CC(=O)OC1CC. The molecule has 0 N–H and O–H groups in total. The molecule has 0 aromatic carbocycles. The van der Waals surface area contributed by atoms with Crippen molar-refractivity contribution in [3.05, 3.63) is 24.5 Å². The van der Waals surface area contributed by atoms with Crippen molar-refractivity contribution in [1.82, 2.24) is 0 Å². The predicted molar refractivity (Wildman–Crippen MR) is 44.4 cm³/mol. The molecule has 12 heavy (non-hydrogen) atoms. The molecule has 0 bridgehead atoms. The number of rotatable bonds is 4. The Kier molecular flexibility index (Phi) is 2.91. The molecule has 0 spiro atoms. The van der Waals surface area contributed by atoms with Gasteiger partial charge in [0.15, 0.2) is 6.10 Å². The summed E-state index contributed by atoms with van der Waals surface area (Å²) in [4.78, 5) is 10.8. The smallest absolute Gasteiger partial charge is 0.335 e. The Balaban J connectivity index is 2.53. The molecule has 0 aromatic heterocycles. The molecule has 1 rings (SSSR count). The van der Waals surface area contributed by atoms with Gasteiger partial charge in [-0.1, -0.05) is 19.6 Å². The zero-order chi connectivity index (χ0) is 8.97. The van der Waals surface area contributed by atoms with Gasteiger partial charge in [0.25, 0.3) is 0 Å². The number of carbonyl (C=O) groups excluding carboxylic acids is 1. The number of hydrogen-bond acceptors (Lipinski definition) is 3. The minimum absolute atomic E-state index is 0.197. The number of esters is 1. The van der Waals surface area contributed by atoms with Crippen molar-refractivity contribution in [2.45, 2.75) is 19.4 Å². The topological polar surface area (TPSA) is 35.5 Å². The lowest BCUT2D eigenvalue weighted by Crippen LogP contribution is -2.12. The molecule has 0 aromatic rings. The van der Waals surface area contributed by atoms with E-state index in [0.717, 1.165) is 6.42 Å². The van der Waals surface area contributed by atoms with E-state index in [-0.39, 0.29) is 12.1 Å². The van der Waals surface area contributed by atoms with Gasteiger partial charge in [0, 0.05) is 0 Å². The van der Waals surface area contributed by atoms with Gasteiger partial charge in [0.2, 0.25) is 0 Å². The highest BCUT2D eigenvalue weighted by atomic mass is 16.6. The van der Waals surface area contributed by atoms with Crippen molar-refractivity contribution in [2.24, 2.45) is 0 Å². The summed E-state index contributed by atoms with van der Waals surface area (Å²) in [6.45, 7) is 5.87. The van der Waals surface area contributed by atoms with Crippen molar-refractivity contribution >= 4 is 5.97 Å². The lowest BCUT2D eigenvalue weighted by molar-refractivity contribution is -0.139. The molecule has 1 aliphatic heterocycles. The fourth-order valence-electron chi connectivity index (χ4n) is 1.02. The summed E-state index contributed by atoms with van der Waals surface area (Å²) in [5, 5.41) is 0. The maximum Gasteiger partial charge on any atom is 0.335 e. The van der Waals surface area contributed by atoms with E-state index in [9.17, 15) is 4.79 Å². The summed E-state index contributed by atoms with van der Waals surface area (Å²) in [7, 11) is 0. The van der Waals surface area contributed by atoms with E-state index in [4.69, 9.17) is 9.47 Å². The van der Waals surface area contributed by atoms with Crippen LogP contribution in [0.25, 0.3) is 0 Å². The van der Waals surface area contributed by atoms with Crippen LogP contribution in [0.1, 0.15) is 13.3 Å². The largest absolute Gasteiger partial charge is 0.490 e. The molecular weight excluding hydrogens is 156 g/mol. The molecule has 66 valence electrons. The lowest BCUT2D eigenvalue weighted by Gasteiger charge is -2.11. The fraction of sp³-hybridized carbons (Fsp3) is 0.444. The summed E-state index contributed by atoms with van der Waals surface area (Å²) < 4.78 is 10.2. The highest BCUT2D eigenvalue weighted by Crippen LogP contribution is 2.19. The first-order valence-electron chi connectivity index (χ1n) is 3.93. The second-order valence-corrected chi connectivity index (χ2v) is 2.48. The first kappa shape index (κ1) is 8.84. The van der Waals surface area contributed by atoms with Crippen LogP contribution in [0, 0.1) is 0 Å². The molecule has 1 atom stereocenters. The molecule has 0 fully saturated rings. The second-order valence-electron chi connectivity index (χ2n) is 2.48. The molecule has 0 aliphatic carbocycles. The van der Waals surface area contributed by atoms with E-state index in [2.05, 4.69) is 6.58 Å². The Morgan fingerprint density at radius 3 is 3.17 bits per heavy atom. The van der Waals surface area contributed by atoms with Gasteiger partial charge in [-0.05, 0) is 6.42 Å². The van der Waals surface area contributed by atoms with Crippen molar-refractivity contribution in [1.29, 1.82) is 0 Å². The van der Waals surface area contributed by atoms with E-state index in [1.807, 2.05) is 6.92 Å². The van der Waals surface area contributed by atoms with Crippen molar-refractivity contribution in [3.8, 4) is 0 Å². The minimum Gasteiger partial charge on any atom is -0.490 e. The van der Waals surface area contributed by atoms with Crippen LogP contribution >= 0.6 is 0 Å². The maximum absolute atomic E-state index is 10.8. The highest BCUT2D eigenvalue weighted by molar-refractivity contribution is 5.85. The molecule has 1 aliphatic rings. The third-order valence-electron chi connectivity index (χ3n) is 1.57. The van der Waals surface area contributed by atoms with Crippen molar-refractivity contribution in [2.75, 3.05) is 6.61 Å². The Morgan fingerprint density at radius 2 is 2.58 bits per heavy atom. The molecule has 3 nitrogen and oxygen atoms in total. The first-order valence-corrected chi connectivity index (χ1v) is 3.93. The highest BCUT2D eigenvalue weighted by Gasteiger charge is 2.25. The Hall–Kier alpha value is -1.25.